The molecule has 0 saturated carbocycles. The van der Waals surface area contributed by atoms with Crippen molar-refractivity contribution in [2.45, 2.75) is 13.3 Å². The van der Waals surface area contributed by atoms with Crippen LogP contribution in [0.25, 0.3) is 0 Å². The van der Waals surface area contributed by atoms with Crippen molar-refractivity contribution >= 4 is 28.9 Å². The maximum Gasteiger partial charge on any atom is 0.350 e. The van der Waals surface area contributed by atoms with Crippen molar-refractivity contribution in [3.05, 3.63) is 16.3 Å². The molecule has 0 radical (unpaired) electrons. The first-order chi connectivity index (χ1) is 8.19. The van der Waals surface area contributed by atoms with Crippen LogP contribution in [0.15, 0.2) is 11.4 Å². The molecule has 0 unspecified atom stereocenters. The standard InChI is InChI=1S/C11H16N2O3S/c1-3-12-6-4-9(14)13-8-5-7-17-10(8)11(15)16-2/h5,7,12H,3-4,6H2,1-2H3,(H,13,14). The highest BCUT2D eigenvalue weighted by Crippen LogP contribution is 2.23. The summed E-state index contributed by atoms with van der Waals surface area (Å²) in [7, 11) is 1.32. The molecule has 1 aromatic heterocycles. The van der Waals surface area contributed by atoms with Gasteiger partial charge in [0.1, 0.15) is 4.88 Å². The Labute approximate surface area is 104 Å². The number of nitrogens with one attached hydrogen (secondary N) is 2. The summed E-state index contributed by atoms with van der Waals surface area (Å²) < 4.78 is 4.62. The summed E-state index contributed by atoms with van der Waals surface area (Å²) in [5, 5.41) is 7.49. The van der Waals surface area contributed by atoms with Crippen molar-refractivity contribution in [3.8, 4) is 0 Å². The molecule has 1 aromatic rings. The van der Waals surface area contributed by atoms with Gasteiger partial charge in [0.25, 0.3) is 0 Å². The van der Waals surface area contributed by atoms with Crippen LogP contribution < -0.4 is 10.6 Å². The highest BCUT2D eigenvalue weighted by Gasteiger charge is 2.15. The molecule has 0 saturated heterocycles. The van der Waals surface area contributed by atoms with E-state index in [-0.39, 0.29) is 5.91 Å². The third-order valence-electron chi connectivity index (χ3n) is 2.09. The van der Waals surface area contributed by atoms with Crippen molar-refractivity contribution < 1.29 is 14.3 Å². The van der Waals surface area contributed by atoms with Gasteiger partial charge in [-0.15, -0.1) is 11.3 Å². The largest absolute Gasteiger partial charge is 0.465 e. The first-order valence-corrected chi connectivity index (χ1v) is 6.23. The molecule has 6 heteroatoms. The first kappa shape index (κ1) is 13.7. The minimum absolute atomic E-state index is 0.116. The summed E-state index contributed by atoms with van der Waals surface area (Å²) in [5.41, 5.74) is 0.517. The SMILES string of the molecule is CCNCCC(=O)Nc1ccsc1C(=O)OC. The summed E-state index contributed by atoms with van der Waals surface area (Å²) in [6.45, 7) is 3.44. The molecule has 0 aliphatic heterocycles. The van der Waals surface area contributed by atoms with Gasteiger partial charge in [-0.3, -0.25) is 4.79 Å². The summed E-state index contributed by atoms with van der Waals surface area (Å²) >= 11 is 1.25. The van der Waals surface area contributed by atoms with Crippen LogP contribution in [0.1, 0.15) is 23.0 Å². The Morgan fingerprint density at radius 3 is 2.88 bits per heavy atom. The molecule has 0 aliphatic carbocycles. The van der Waals surface area contributed by atoms with E-state index in [0.717, 1.165) is 6.54 Å². The lowest BCUT2D eigenvalue weighted by atomic mass is 10.3. The molecule has 0 atom stereocenters. The Morgan fingerprint density at radius 2 is 2.24 bits per heavy atom. The Balaban J connectivity index is 2.53. The zero-order chi connectivity index (χ0) is 12.7. The zero-order valence-electron chi connectivity index (χ0n) is 9.91. The van der Waals surface area contributed by atoms with Crippen LogP contribution in [-0.2, 0) is 9.53 Å². The van der Waals surface area contributed by atoms with E-state index in [2.05, 4.69) is 15.4 Å². The lowest BCUT2D eigenvalue weighted by Crippen LogP contribution is -2.21. The Morgan fingerprint density at radius 1 is 1.47 bits per heavy atom. The molecule has 94 valence electrons. The van der Waals surface area contributed by atoms with Gasteiger partial charge in [0, 0.05) is 13.0 Å². The molecule has 1 rings (SSSR count). The monoisotopic (exact) mass is 256 g/mol. The van der Waals surface area contributed by atoms with Crippen molar-refractivity contribution in [2.24, 2.45) is 0 Å². The number of methoxy groups -OCH3 is 1. The Bertz CT molecular complexity index is 390. The molecule has 2 N–H and O–H groups in total. The van der Waals surface area contributed by atoms with Crippen molar-refractivity contribution in [3.63, 3.8) is 0 Å². The lowest BCUT2D eigenvalue weighted by Gasteiger charge is -2.05. The number of hydrogen-bond donors (Lipinski definition) is 2. The third kappa shape index (κ3) is 4.16. The number of carbonyl (C=O) groups is 2. The smallest absolute Gasteiger partial charge is 0.350 e. The van der Waals surface area contributed by atoms with Crippen molar-refractivity contribution in [1.82, 2.24) is 5.32 Å². The van der Waals surface area contributed by atoms with E-state index >= 15 is 0 Å². The number of anilines is 1. The minimum Gasteiger partial charge on any atom is -0.465 e. The van der Waals surface area contributed by atoms with Gasteiger partial charge >= 0.3 is 5.97 Å². The van der Waals surface area contributed by atoms with Crippen molar-refractivity contribution in [1.29, 1.82) is 0 Å². The quantitative estimate of drug-likeness (QED) is 0.597. The number of amides is 1. The van der Waals surface area contributed by atoms with E-state index in [1.165, 1.54) is 18.4 Å². The second kappa shape index (κ2) is 7.03. The molecule has 0 spiro atoms. The van der Waals surface area contributed by atoms with Gasteiger partial charge in [-0.25, -0.2) is 4.79 Å². The molecule has 1 heterocycles. The van der Waals surface area contributed by atoms with Crippen LogP contribution in [0.2, 0.25) is 0 Å². The van der Waals surface area contributed by atoms with Crippen LogP contribution in [0.4, 0.5) is 5.69 Å². The summed E-state index contributed by atoms with van der Waals surface area (Å²) in [5.74, 6) is -0.545. The van der Waals surface area contributed by atoms with Crippen LogP contribution in [0, 0.1) is 0 Å². The predicted molar refractivity (Wildman–Crippen MR) is 67.4 cm³/mol. The second-order valence-electron chi connectivity index (χ2n) is 3.31. The molecule has 1 amide bonds. The Hall–Kier alpha value is -1.40. The topological polar surface area (TPSA) is 67.4 Å². The molecule has 0 aromatic carbocycles. The number of ether oxygens (including phenoxy) is 1. The van der Waals surface area contributed by atoms with E-state index in [9.17, 15) is 9.59 Å². The zero-order valence-corrected chi connectivity index (χ0v) is 10.7. The molecular weight excluding hydrogens is 240 g/mol. The molecule has 0 fully saturated rings. The van der Waals surface area contributed by atoms with Crippen LogP contribution >= 0.6 is 11.3 Å². The fraction of sp³-hybridized carbons (Fsp3) is 0.455. The number of rotatable bonds is 6. The summed E-state index contributed by atoms with van der Waals surface area (Å²) in [6.07, 6.45) is 0.379. The second-order valence-corrected chi connectivity index (χ2v) is 4.22. The Kier molecular flexibility index (Phi) is 5.65. The fourth-order valence-corrected chi connectivity index (χ4v) is 2.02. The first-order valence-electron chi connectivity index (χ1n) is 5.35. The van der Waals surface area contributed by atoms with Gasteiger partial charge in [-0.2, -0.15) is 0 Å². The number of carbonyl (C=O) groups excluding carboxylic acids is 2. The van der Waals surface area contributed by atoms with Crippen LogP contribution in [-0.4, -0.2) is 32.1 Å². The van der Waals surface area contributed by atoms with Gasteiger partial charge in [-0.1, -0.05) is 6.92 Å². The maximum atomic E-state index is 11.5. The summed E-state index contributed by atoms with van der Waals surface area (Å²) in [4.78, 5) is 23.3. The van der Waals surface area contributed by atoms with Gasteiger partial charge < -0.3 is 15.4 Å². The van der Waals surface area contributed by atoms with Gasteiger partial charge in [0.15, 0.2) is 0 Å². The maximum absolute atomic E-state index is 11.5. The minimum atomic E-state index is -0.429. The van der Waals surface area contributed by atoms with Crippen LogP contribution in [0.5, 0.6) is 0 Å². The van der Waals surface area contributed by atoms with Crippen LogP contribution in [0.3, 0.4) is 0 Å². The molecular formula is C11H16N2O3S. The molecule has 0 bridgehead atoms. The van der Waals surface area contributed by atoms with E-state index in [4.69, 9.17) is 0 Å². The van der Waals surface area contributed by atoms with E-state index in [1.54, 1.807) is 11.4 Å². The average molecular weight is 256 g/mol. The number of hydrogen-bond acceptors (Lipinski definition) is 5. The third-order valence-corrected chi connectivity index (χ3v) is 2.98. The highest BCUT2D eigenvalue weighted by atomic mass is 32.1. The van der Waals surface area contributed by atoms with E-state index in [0.29, 0.717) is 23.5 Å². The van der Waals surface area contributed by atoms with E-state index < -0.39 is 5.97 Å². The lowest BCUT2D eigenvalue weighted by molar-refractivity contribution is -0.116. The molecule has 5 nitrogen and oxygen atoms in total. The molecule has 17 heavy (non-hydrogen) atoms. The number of thiophene rings is 1. The van der Waals surface area contributed by atoms with Gasteiger partial charge in [-0.05, 0) is 18.0 Å². The molecule has 0 aliphatic rings. The summed E-state index contributed by atoms with van der Waals surface area (Å²) in [6, 6.07) is 1.70. The normalized spacial score (nSPS) is 10.0. The number of esters is 1. The highest BCUT2D eigenvalue weighted by molar-refractivity contribution is 7.12. The van der Waals surface area contributed by atoms with Gasteiger partial charge in [0.2, 0.25) is 5.91 Å². The van der Waals surface area contributed by atoms with E-state index in [1.807, 2.05) is 6.92 Å². The average Bonchev–Trinajstić information content (AvgIpc) is 2.76. The fourth-order valence-electron chi connectivity index (χ4n) is 1.25. The predicted octanol–water partition coefficient (Wildman–Crippen LogP) is 1.47. The van der Waals surface area contributed by atoms with Crippen molar-refractivity contribution in [2.75, 3.05) is 25.5 Å². The van der Waals surface area contributed by atoms with Gasteiger partial charge in [0.05, 0.1) is 12.8 Å².